The van der Waals surface area contributed by atoms with Crippen molar-refractivity contribution in [2.24, 2.45) is 0 Å². The van der Waals surface area contributed by atoms with Crippen LogP contribution < -0.4 is 4.72 Å². The minimum atomic E-state index is -4.36. The number of nitrogens with one attached hydrogen (secondary N) is 1. The van der Waals surface area contributed by atoms with Gasteiger partial charge in [-0.05, 0) is 42.3 Å². The van der Waals surface area contributed by atoms with Crippen molar-refractivity contribution in [3.8, 4) is 11.1 Å². The average molecular weight is 329 g/mol. The van der Waals surface area contributed by atoms with Gasteiger partial charge in [-0.3, -0.25) is 4.72 Å². The van der Waals surface area contributed by atoms with E-state index < -0.39 is 21.8 Å². The maximum absolute atomic E-state index is 12.5. The first-order valence-corrected chi connectivity index (χ1v) is 8.15. The monoisotopic (exact) mass is 329 g/mol. The van der Waals surface area contributed by atoms with Crippen molar-refractivity contribution in [2.75, 3.05) is 10.5 Å². The molecule has 0 aliphatic heterocycles. The van der Waals surface area contributed by atoms with Gasteiger partial charge in [0.05, 0.1) is 11.3 Å². The number of halogens is 3. The Morgan fingerprint density at radius 1 is 0.909 bits per heavy atom. The molecule has 3 nitrogen and oxygen atoms in total. The molecule has 0 aliphatic carbocycles. The van der Waals surface area contributed by atoms with Crippen LogP contribution >= 0.6 is 0 Å². The van der Waals surface area contributed by atoms with Crippen LogP contribution in [0.3, 0.4) is 0 Å². The van der Waals surface area contributed by atoms with Gasteiger partial charge in [0.15, 0.2) is 0 Å². The zero-order valence-electron chi connectivity index (χ0n) is 11.7. The van der Waals surface area contributed by atoms with Gasteiger partial charge in [-0.1, -0.05) is 24.3 Å². The number of alkyl halides is 3. The maximum Gasteiger partial charge on any atom is 0.416 e. The summed E-state index contributed by atoms with van der Waals surface area (Å²) in [5, 5.41) is 0. The molecule has 7 heteroatoms. The van der Waals surface area contributed by atoms with Gasteiger partial charge < -0.3 is 0 Å². The zero-order chi connectivity index (χ0) is 16.4. The van der Waals surface area contributed by atoms with Gasteiger partial charge in [0.25, 0.3) is 0 Å². The molecule has 0 saturated heterocycles. The highest BCUT2D eigenvalue weighted by Gasteiger charge is 2.29. The molecule has 0 radical (unpaired) electrons. The molecule has 0 heterocycles. The fraction of sp³-hybridized carbons (Fsp3) is 0.200. The molecule has 0 aliphatic rings. The Morgan fingerprint density at radius 3 is 1.77 bits per heavy atom. The second-order valence-electron chi connectivity index (χ2n) is 4.66. The summed E-state index contributed by atoms with van der Waals surface area (Å²) in [5.74, 6) is -0.0341. The number of hydrogen-bond acceptors (Lipinski definition) is 2. The lowest BCUT2D eigenvalue weighted by atomic mass is 10.0. The van der Waals surface area contributed by atoms with Crippen LogP contribution in [0.25, 0.3) is 11.1 Å². The Labute approximate surface area is 126 Å². The first kappa shape index (κ1) is 16.4. The number of sulfonamides is 1. The second kappa shape index (κ2) is 6.00. The molecule has 2 aromatic carbocycles. The molecule has 118 valence electrons. The van der Waals surface area contributed by atoms with E-state index in [2.05, 4.69) is 4.72 Å². The van der Waals surface area contributed by atoms with Gasteiger partial charge in [0, 0.05) is 5.69 Å². The standard InChI is InChI=1S/C15H14F3NO2S/c1-2-22(20,21)19-14-9-5-12(6-10-14)11-3-7-13(8-4-11)15(16,17)18/h3-10,19H,2H2,1H3. The highest BCUT2D eigenvalue weighted by Crippen LogP contribution is 2.31. The highest BCUT2D eigenvalue weighted by molar-refractivity contribution is 7.92. The molecular weight excluding hydrogens is 315 g/mol. The first-order chi connectivity index (χ1) is 10.2. The molecule has 0 saturated carbocycles. The van der Waals surface area contributed by atoms with Gasteiger partial charge in [-0.2, -0.15) is 13.2 Å². The summed E-state index contributed by atoms with van der Waals surface area (Å²) in [7, 11) is -3.35. The third-order valence-corrected chi connectivity index (χ3v) is 4.39. The second-order valence-corrected chi connectivity index (χ2v) is 6.67. The van der Waals surface area contributed by atoms with Crippen molar-refractivity contribution < 1.29 is 21.6 Å². The SMILES string of the molecule is CCS(=O)(=O)Nc1ccc(-c2ccc(C(F)(F)F)cc2)cc1. The third-order valence-electron chi connectivity index (χ3n) is 3.08. The molecular formula is C15H14F3NO2S. The number of rotatable bonds is 4. The summed E-state index contributed by atoms with van der Waals surface area (Å²) in [4.78, 5) is 0. The van der Waals surface area contributed by atoms with Gasteiger partial charge in [0.2, 0.25) is 10.0 Å². The minimum absolute atomic E-state index is 0.0341. The fourth-order valence-electron chi connectivity index (χ4n) is 1.83. The summed E-state index contributed by atoms with van der Waals surface area (Å²) < 4.78 is 62.8. The molecule has 2 aromatic rings. The van der Waals surface area contributed by atoms with Crippen molar-refractivity contribution >= 4 is 15.7 Å². The summed E-state index contributed by atoms with van der Waals surface area (Å²) in [6.07, 6.45) is -4.36. The van der Waals surface area contributed by atoms with E-state index in [-0.39, 0.29) is 5.75 Å². The zero-order valence-corrected chi connectivity index (χ0v) is 12.5. The topological polar surface area (TPSA) is 46.2 Å². The van der Waals surface area contributed by atoms with Crippen molar-refractivity contribution in [1.82, 2.24) is 0 Å². The van der Waals surface area contributed by atoms with Gasteiger partial charge in [0.1, 0.15) is 0 Å². The van der Waals surface area contributed by atoms with Crippen molar-refractivity contribution in [1.29, 1.82) is 0 Å². The molecule has 0 aromatic heterocycles. The van der Waals surface area contributed by atoms with E-state index >= 15 is 0 Å². The largest absolute Gasteiger partial charge is 0.416 e. The summed E-state index contributed by atoms with van der Waals surface area (Å²) in [6, 6.07) is 11.2. The smallest absolute Gasteiger partial charge is 0.284 e. The van der Waals surface area contributed by atoms with Crippen LogP contribution in [0, 0.1) is 0 Å². The van der Waals surface area contributed by atoms with Crippen LogP contribution in [-0.4, -0.2) is 14.2 Å². The van der Waals surface area contributed by atoms with Crippen molar-refractivity contribution in [3.05, 3.63) is 54.1 Å². The van der Waals surface area contributed by atoms with E-state index in [0.717, 1.165) is 12.1 Å². The van der Waals surface area contributed by atoms with E-state index in [0.29, 0.717) is 16.8 Å². The molecule has 0 bridgehead atoms. The Balaban J connectivity index is 2.20. The molecule has 0 atom stereocenters. The Kier molecular flexibility index (Phi) is 4.46. The first-order valence-electron chi connectivity index (χ1n) is 6.49. The minimum Gasteiger partial charge on any atom is -0.284 e. The number of hydrogen-bond donors (Lipinski definition) is 1. The lowest BCUT2D eigenvalue weighted by Crippen LogP contribution is -2.14. The molecule has 2 rings (SSSR count). The summed E-state index contributed by atoms with van der Waals surface area (Å²) >= 11 is 0. The van der Waals surface area contributed by atoms with Crippen molar-refractivity contribution in [2.45, 2.75) is 13.1 Å². The van der Waals surface area contributed by atoms with Crippen LogP contribution in [0.2, 0.25) is 0 Å². The Morgan fingerprint density at radius 2 is 1.36 bits per heavy atom. The molecule has 22 heavy (non-hydrogen) atoms. The normalized spacial score (nSPS) is 12.2. The quantitative estimate of drug-likeness (QED) is 0.916. The maximum atomic E-state index is 12.5. The Hall–Kier alpha value is -2.02. The van der Waals surface area contributed by atoms with Gasteiger partial charge in [-0.25, -0.2) is 8.42 Å². The summed E-state index contributed by atoms with van der Waals surface area (Å²) in [5.41, 5.74) is 1.03. The predicted octanol–water partition coefficient (Wildman–Crippen LogP) is 4.13. The average Bonchev–Trinajstić information content (AvgIpc) is 2.47. The van der Waals surface area contributed by atoms with Gasteiger partial charge >= 0.3 is 6.18 Å². The lowest BCUT2D eigenvalue weighted by molar-refractivity contribution is -0.137. The van der Waals surface area contributed by atoms with Crippen molar-refractivity contribution in [3.63, 3.8) is 0 Å². The van der Waals surface area contributed by atoms with Crippen LogP contribution in [0.15, 0.2) is 48.5 Å². The molecule has 1 N–H and O–H groups in total. The van der Waals surface area contributed by atoms with E-state index in [1.165, 1.54) is 19.1 Å². The molecule has 0 amide bonds. The third kappa shape index (κ3) is 4.00. The van der Waals surface area contributed by atoms with E-state index in [4.69, 9.17) is 0 Å². The van der Waals surface area contributed by atoms with Crippen LogP contribution in [0.1, 0.15) is 12.5 Å². The fourth-order valence-corrected chi connectivity index (χ4v) is 2.47. The van der Waals surface area contributed by atoms with E-state index in [1.807, 2.05) is 0 Å². The number of benzene rings is 2. The van der Waals surface area contributed by atoms with Crippen LogP contribution in [0.5, 0.6) is 0 Å². The van der Waals surface area contributed by atoms with E-state index in [9.17, 15) is 21.6 Å². The molecule has 0 spiro atoms. The van der Waals surface area contributed by atoms with Crippen LogP contribution in [0.4, 0.5) is 18.9 Å². The summed E-state index contributed by atoms with van der Waals surface area (Å²) in [6.45, 7) is 1.53. The molecule has 0 unspecified atom stereocenters. The van der Waals surface area contributed by atoms with Crippen LogP contribution in [-0.2, 0) is 16.2 Å². The highest BCUT2D eigenvalue weighted by atomic mass is 32.2. The lowest BCUT2D eigenvalue weighted by Gasteiger charge is -2.09. The van der Waals surface area contributed by atoms with E-state index in [1.54, 1.807) is 24.3 Å². The Bertz CT molecular complexity index is 736. The van der Waals surface area contributed by atoms with Gasteiger partial charge in [-0.15, -0.1) is 0 Å². The predicted molar refractivity (Wildman–Crippen MR) is 80.0 cm³/mol. The number of anilines is 1. The molecule has 0 fully saturated rings.